The van der Waals surface area contributed by atoms with Crippen molar-refractivity contribution in [3.63, 3.8) is 0 Å². The predicted molar refractivity (Wildman–Crippen MR) is 105 cm³/mol. The van der Waals surface area contributed by atoms with Crippen LogP contribution in [-0.4, -0.2) is 37.2 Å². The molecule has 0 bridgehead atoms. The summed E-state index contributed by atoms with van der Waals surface area (Å²) >= 11 is 0. The topological polar surface area (TPSA) is 102 Å². The lowest BCUT2D eigenvalue weighted by Crippen LogP contribution is -2.36. The maximum Gasteiger partial charge on any atom is 0.329 e. The fraction of sp³-hybridized carbons (Fsp3) is 0.368. The van der Waals surface area contributed by atoms with E-state index in [1.807, 2.05) is 24.3 Å². The van der Waals surface area contributed by atoms with E-state index in [1.165, 1.54) is 4.57 Å². The maximum atomic E-state index is 12.3. The van der Waals surface area contributed by atoms with Gasteiger partial charge in [0.25, 0.3) is 5.56 Å². The quantitative estimate of drug-likeness (QED) is 0.565. The van der Waals surface area contributed by atoms with E-state index >= 15 is 0 Å². The molecule has 4 heterocycles. The van der Waals surface area contributed by atoms with Gasteiger partial charge in [-0.05, 0) is 25.0 Å². The van der Waals surface area contributed by atoms with Crippen molar-refractivity contribution in [3.05, 3.63) is 51.0 Å². The highest BCUT2D eigenvalue weighted by molar-refractivity contribution is 5.74. The van der Waals surface area contributed by atoms with Gasteiger partial charge in [0, 0.05) is 27.2 Å². The number of hydrogen-bond acceptors (Lipinski definition) is 6. The standard InChI is InChI=1S/C19H20N6O3/c1-23-14-15(24(2)19(27)22-16(14)26)21-18(23)25-9-5-6-11(10-25)17-20-12-7-3-4-8-13(12)28-17/h3-4,7-8,11H,5-6,9-10H2,1-2H3,(H,22,26,27). The average molecular weight is 380 g/mol. The number of fused-ring (bicyclic) bond motifs is 2. The molecule has 1 aliphatic heterocycles. The molecule has 1 saturated heterocycles. The fourth-order valence-electron chi connectivity index (χ4n) is 4.00. The first-order valence-corrected chi connectivity index (χ1v) is 9.29. The fourth-order valence-corrected chi connectivity index (χ4v) is 4.00. The van der Waals surface area contributed by atoms with Crippen LogP contribution in [0, 0.1) is 0 Å². The molecule has 9 heteroatoms. The lowest BCUT2D eigenvalue weighted by atomic mass is 9.98. The highest BCUT2D eigenvalue weighted by atomic mass is 16.3. The summed E-state index contributed by atoms with van der Waals surface area (Å²) in [6.07, 6.45) is 1.94. The lowest BCUT2D eigenvalue weighted by molar-refractivity contribution is 0.410. The number of aryl methyl sites for hydroxylation is 2. The van der Waals surface area contributed by atoms with Crippen LogP contribution in [0.3, 0.4) is 0 Å². The maximum absolute atomic E-state index is 12.3. The Morgan fingerprint density at radius 1 is 1.14 bits per heavy atom. The summed E-state index contributed by atoms with van der Waals surface area (Å²) in [5.74, 6) is 1.54. The third-order valence-corrected chi connectivity index (χ3v) is 5.47. The molecule has 0 radical (unpaired) electrons. The second-order valence-electron chi connectivity index (χ2n) is 7.27. The van der Waals surface area contributed by atoms with E-state index in [0.717, 1.165) is 36.4 Å². The van der Waals surface area contributed by atoms with Crippen LogP contribution in [0.1, 0.15) is 24.7 Å². The molecule has 1 atom stereocenters. The Labute approximate surface area is 159 Å². The molecule has 1 aromatic carbocycles. The first-order chi connectivity index (χ1) is 13.5. The Morgan fingerprint density at radius 3 is 2.79 bits per heavy atom. The minimum absolute atomic E-state index is 0.142. The van der Waals surface area contributed by atoms with E-state index in [1.54, 1.807) is 18.7 Å². The highest BCUT2D eigenvalue weighted by Gasteiger charge is 2.28. The summed E-state index contributed by atoms with van der Waals surface area (Å²) in [4.78, 5) is 37.9. The van der Waals surface area contributed by atoms with E-state index in [4.69, 9.17) is 4.42 Å². The first kappa shape index (κ1) is 16.8. The molecule has 1 N–H and O–H groups in total. The largest absolute Gasteiger partial charge is 0.440 e. The molecule has 0 spiro atoms. The van der Waals surface area contributed by atoms with Crippen LogP contribution in [0.4, 0.5) is 5.95 Å². The van der Waals surface area contributed by atoms with Gasteiger partial charge in [0.05, 0.1) is 5.92 Å². The van der Waals surface area contributed by atoms with Gasteiger partial charge in [-0.3, -0.25) is 14.3 Å². The zero-order chi connectivity index (χ0) is 19.4. The number of imidazole rings is 1. The number of H-pyrrole nitrogens is 1. The molecule has 1 aliphatic rings. The van der Waals surface area contributed by atoms with Crippen LogP contribution in [0.2, 0.25) is 0 Å². The van der Waals surface area contributed by atoms with E-state index in [0.29, 0.717) is 23.7 Å². The molecular weight excluding hydrogens is 360 g/mol. The van der Waals surface area contributed by atoms with Crippen molar-refractivity contribution in [2.75, 3.05) is 18.0 Å². The van der Waals surface area contributed by atoms with Crippen molar-refractivity contribution >= 4 is 28.2 Å². The number of piperidine rings is 1. The van der Waals surface area contributed by atoms with Gasteiger partial charge in [0.1, 0.15) is 5.52 Å². The second kappa shape index (κ2) is 6.08. The third kappa shape index (κ3) is 2.46. The number of rotatable bonds is 2. The summed E-state index contributed by atoms with van der Waals surface area (Å²) in [5, 5.41) is 0. The van der Waals surface area contributed by atoms with Gasteiger partial charge in [-0.2, -0.15) is 4.98 Å². The molecule has 144 valence electrons. The first-order valence-electron chi connectivity index (χ1n) is 9.29. The molecule has 1 fully saturated rings. The van der Waals surface area contributed by atoms with E-state index in [2.05, 4.69) is 19.9 Å². The zero-order valence-electron chi connectivity index (χ0n) is 15.7. The molecule has 1 unspecified atom stereocenters. The van der Waals surface area contributed by atoms with Gasteiger partial charge in [0.15, 0.2) is 22.6 Å². The third-order valence-electron chi connectivity index (χ3n) is 5.47. The monoisotopic (exact) mass is 380 g/mol. The Morgan fingerprint density at radius 2 is 1.96 bits per heavy atom. The van der Waals surface area contributed by atoms with Crippen molar-refractivity contribution in [2.24, 2.45) is 14.1 Å². The molecule has 3 aromatic heterocycles. The summed E-state index contributed by atoms with van der Waals surface area (Å²) in [5.41, 5.74) is 1.53. The summed E-state index contributed by atoms with van der Waals surface area (Å²) in [7, 11) is 3.40. The lowest BCUT2D eigenvalue weighted by Gasteiger charge is -2.31. The zero-order valence-corrected chi connectivity index (χ0v) is 15.7. The van der Waals surface area contributed by atoms with Gasteiger partial charge < -0.3 is 13.9 Å². The smallest absolute Gasteiger partial charge is 0.329 e. The van der Waals surface area contributed by atoms with Gasteiger partial charge in [0.2, 0.25) is 5.95 Å². The number of benzene rings is 1. The molecule has 9 nitrogen and oxygen atoms in total. The van der Waals surface area contributed by atoms with E-state index in [-0.39, 0.29) is 5.92 Å². The van der Waals surface area contributed by atoms with Crippen molar-refractivity contribution in [1.29, 1.82) is 0 Å². The number of nitrogens with one attached hydrogen (secondary N) is 1. The molecule has 5 rings (SSSR count). The average Bonchev–Trinajstić information content (AvgIpc) is 3.28. The van der Waals surface area contributed by atoms with Gasteiger partial charge in [-0.25, -0.2) is 9.78 Å². The minimum Gasteiger partial charge on any atom is -0.440 e. The number of aromatic nitrogens is 5. The van der Waals surface area contributed by atoms with Crippen LogP contribution in [0.25, 0.3) is 22.3 Å². The number of oxazole rings is 1. The van der Waals surface area contributed by atoms with Crippen molar-refractivity contribution in [3.8, 4) is 0 Å². The Bertz CT molecular complexity index is 1280. The van der Waals surface area contributed by atoms with Gasteiger partial charge in [-0.15, -0.1) is 0 Å². The Kier molecular flexibility index (Phi) is 3.65. The number of aromatic amines is 1. The molecule has 0 aliphatic carbocycles. The number of anilines is 1. The normalized spacial score (nSPS) is 17.6. The van der Waals surface area contributed by atoms with E-state index in [9.17, 15) is 9.59 Å². The van der Waals surface area contributed by atoms with Crippen LogP contribution in [0.15, 0.2) is 38.3 Å². The molecular formula is C19H20N6O3. The van der Waals surface area contributed by atoms with Crippen LogP contribution >= 0.6 is 0 Å². The second-order valence-corrected chi connectivity index (χ2v) is 7.27. The number of para-hydroxylation sites is 2. The Hall–Kier alpha value is -3.36. The molecule has 0 saturated carbocycles. The molecule has 4 aromatic rings. The molecule has 0 amide bonds. The SMILES string of the molecule is Cn1c(N2CCCC(c3nc4ccccc4o3)C2)nc2c1c(=O)[nH]c(=O)n2C. The van der Waals surface area contributed by atoms with Gasteiger partial charge >= 0.3 is 5.69 Å². The molecule has 28 heavy (non-hydrogen) atoms. The van der Waals surface area contributed by atoms with Crippen LogP contribution in [0.5, 0.6) is 0 Å². The van der Waals surface area contributed by atoms with Crippen LogP contribution < -0.4 is 16.1 Å². The van der Waals surface area contributed by atoms with Crippen molar-refractivity contribution in [2.45, 2.75) is 18.8 Å². The van der Waals surface area contributed by atoms with Gasteiger partial charge in [-0.1, -0.05) is 12.1 Å². The number of nitrogens with zero attached hydrogens (tertiary/aromatic N) is 5. The van der Waals surface area contributed by atoms with Crippen LogP contribution in [-0.2, 0) is 14.1 Å². The Balaban J connectivity index is 1.54. The summed E-state index contributed by atoms with van der Waals surface area (Å²) in [6, 6.07) is 7.75. The van der Waals surface area contributed by atoms with E-state index < -0.39 is 11.2 Å². The van der Waals surface area contributed by atoms with Crippen molar-refractivity contribution in [1.82, 2.24) is 24.1 Å². The predicted octanol–water partition coefficient (Wildman–Crippen LogP) is 1.49. The van der Waals surface area contributed by atoms with Crippen molar-refractivity contribution < 1.29 is 4.42 Å². The number of hydrogen-bond donors (Lipinski definition) is 1. The highest BCUT2D eigenvalue weighted by Crippen LogP contribution is 2.31. The minimum atomic E-state index is -0.467. The summed E-state index contributed by atoms with van der Waals surface area (Å²) in [6.45, 7) is 1.51. The summed E-state index contributed by atoms with van der Waals surface area (Å²) < 4.78 is 9.09.